The first-order valence-corrected chi connectivity index (χ1v) is 15.1. The first-order valence-electron chi connectivity index (χ1n) is 14.3. The lowest BCUT2D eigenvalue weighted by Crippen LogP contribution is -2.43. The minimum absolute atomic E-state index is 0.0458. The van der Waals surface area contributed by atoms with E-state index in [-0.39, 0.29) is 18.4 Å². The molecule has 40 heavy (non-hydrogen) atoms. The Morgan fingerprint density at radius 1 is 0.775 bits per heavy atom. The van der Waals surface area contributed by atoms with Crippen LogP contribution in [0.15, 0.2) is 54.6 Å². The van der Waals surface area contributed by atoms with Crippen molar-refractivity contribution in [3.63, 3.8) is 0 Å². The zero-order valence-corrected chi connectivity index (χ0v) is 25.5. The Morgan fingerprint density at radius 2 is 1.48 bits per heavy atom. The fourth-order valence-corrected chi connectivity index (χ4v) is 5.50. The van der Waals surface area contributed by atoms with Gasteiger partial charge in [0.15, 0.2) is 11.5 Å². The molecule has 0 unspecified atom stereocenters. The third-order valence-corrected chi connectivity index (χ3v) is 8.01. The quantitative estimate of drug-likeness (QED) is 0.189. The predicted molar refractivity (Wildman–Crippen MR) is 164 cm³/mol. The van der Waals surface area contributed by atoms with E-state index >= 15 is 0 Å². The topological polar surface area (TPSA) is 59.1 Å². The average molecular weight is 565 g/mol. The lowest BCUT2D eigenvalue weighted by atomic mass is 10.1. The Labute approximate surface area is 243 Å². The van der Waals surface area contributed by atoms with Gasteiger partial charge in [0.25, 0.3) is 5.91 Å². The Balaban J connectivity index is 1.77. The molecule has 1 aromatic heterocycles. The molecule has 0 atom stereocenters. The number of rotatable bonds is 16. The third kappa shape index (κ3) is 9.12. The van der Waals surface area contributed by atoms with Crippen LogP contribution in [0.4, 0.5) is 0 Å². The van der Waals surface area contributed by atoms with Crippen molar-refractivity contribution >= 4 is 23.2 Å². The number of amides is 2. The highest BCUT2D eigenvalue weighted by Gasteiger charge is 2.23. The van der Waals surface area contributed by atoms with Gasteiger partial charge >= 0.3 is 0 Å². The second kappa shape index (κ2) is 16.1. The van der Waals surface area contributed by atoms with Crippen molar-refractivity contribution < 1.29 is 19.1 Å². The largest absolute Gasteiger partial charge is 0.493 e. The van der Waals surface area contributed by atoms with Crippen molar-refractivity contribution in [1.82, 2.24) is 9.80 Å². The van der Waals surface area contributed by atoms with Crippen molar-refractivity contribution in [1.29, 1.82) is 0 Å². The van der Waals surface area contributed by atoms with Crippen molar-refractivity contribution in [2.75, 3.05) is 33.9 Å². The molecule has 3 rings (SSSR count). The summed E-state index contributed by atoms with van der Waals surface area (Å²) in [5.41, 5.74) is 2.93. The molecule has 0 bridgehead atoms. The number of carbonyl (C=O) groups excluding carboxylic acids is 2. The number of methoxy groups -OCH3 is 2. The van der Waals surface area contributed by atoms with E-state index in [1.54, 1.807) is 30.5 Å². The Hall–Kier alpha value is -3.32. The molecule has 0 saturated carbocycles. The number of benzene rings is 2. The second-order valence-electron chi connectivity index (χ2n) is 10.1. The maximum absolute atomic E-state index is 13.8. The molecule has 7 heteroatoms. The highest BCUT2D eigenvalue weighted by Crippen LogP contribution is 2.28. The van der Waals surface area contributed by atoms with Gasteiger partial charge in [0.2, 0.25) is 5.91 Å². The summed E-state index contributed by atoms with van der Waals surface area (Å²) in [7, 11) is 3.24. The van der Waals surface area contributed by atoms with Gasteiger partial charge in [0.1, 0.15) is 6.54 Å². The minimum Gasteiger partial charge on any atom is -0.493 e. The van der Waals surface area contributed by atoms with Crippen LogP contribution in [0.5, 0.6) is 11.5 Å². The molecular formula is C33H44N2O4S. The summed E-state index contributed by atoms with van der Waals surface area (Å²) in [5, 5.41) is 0. The van der Waals surface area contributed by atoms with E-state index in [4.69, 9.17) is 9.47 Å². The molecule has 0 aliphatic heterocycles. The summed E-state index contributed by atoms with van der Waals surface area (Å²) in [6, 6.07) is 17.9. The molecule has 0 radical (unpaired) electrons. The van der Waals surface area contributed by atoms with Gasteiger partial charge in [-0.1, -0.05) is 44.9 Å². The van der Waals surface area contributed by atoms with Crippen molar-refractivity contribution in [3.05, 3.63) is 81.0 Å². The maximum Gasteiger partial charge on any atom is 0.254 e. The Bertz CT molecular complexity index is 1220. The number of unbranched alkanes of at least 4 members (excludes halogenated alkanes) is 2. The van der Waals surface area contributed by atoms with Gasteiger partial charge in [-0.25, -0.2) is 0 Å². The zero-order valence-electron chi connectivity index (χ0n) is 24.7. The van der Waals surface area contributed by atoms with E-state index in [9.17, 15) is 9.59 Å². The molecule has 3 aromatic rings. The van der Waals surface area contributed by atoms with Crippen LogP contribution in [0, 0.1) is 6.92 Å². The van der Waals surface area contributed by atoms with Gasteiger partial charge in [0.05, 0.1) is 20.8 Å². The number of hydrogen-bond acceptors (Lipinski definition) is 5. The molecular weight excluding hydrogens is 520 g/mol. The molecule has 1 heterocycles. The fourth-order valence-electron chi connectivity index (χ4n) is 4.59. The van der Waals surface area contributed by atoms with Crippen LogP contribution in [-0.4, -0.2) is 55.5 Å². The van der Waals surface area contributed by atoms with E-state index < -0.39 is 0 Å². The van der Waals surface area contributed by atoms with Gasteiger partial charge in [-0.15, -0.1) is 11.3 Å². The van der Waals surface area contributed by atoms with Crippen LogP contribution in [0.25, 0.3) is 0 Å². The molecule has 2 amide bonds. The van der Waals surface area contributed by atoms with E-state index in [1.807, 2.05) is 47.4 Å². The van der Waals surface area contributed by atoms with E-state index in [0.717, 1.165) is 42.5 Å². The number of aryl methyl sites for hydroxylation is 2. The summed E-state index contributed by atoms with van der Waals surface area (Å²) in [4.78, 5) is 33.2. The third-order valence-electron chi connectivity index (χ3n) is 7.03. The predicted octanol–water partition coefficient (Wildman–Crippen LogP) is 6.93. The van der Waals surface area contributed by atoms with Crippen LogP contribution >= 0.6 is 11.3 Å². The van der Waals surface area contributed by atoms with Crippen molar-refractivity contribution in [3.8, 4) is 11.5 Å². The molecule has 0 spiro atoms. The van der Waals surface area contributed by atoms with E-state index in [0.29, 0.717) is 43.1 Å². The van der Waals surface area contributed by atoms with Crippen molar-refractivity contribution in [2.45, 2.75) is 65.8 Å². The molecule has 0 fully saturated rings. The normalized spacial score (nSPS) is 10.8. The summed E-state index contributed by atoms with van der Waals surface area (Å²) in [6.45, 7) is 8.02. The SMILES string of the molecule is CCCCc1ccc(C(=O)N(CCCC)CC(=O)N(CCc2ccc(OC)c(OC)c2)Cc2ccc(C)s2)cc1. The van der Waals surface area contributed by atoms with Gasteiger partial charge in [-0.05, 0) is 80.1 Å². The molecule has 0 aliphatic rings. The second-order valence-corrected chi connectivity index (χ2v) is 11.5. The van der Waals surface area contributed by atoms with Gasteiger partial charge in [-0.2, -0.15) is 0 Å². The minimum atomic E-state index is -0.0874. The highest BCUT2D eigenvalue weighted by atomic mass is 32.1. The molecule has 2 aromatic carbocycles. The summed E-state index contributed by atoms with van der Waals surface area (Å²) in [5.74, 6) is 1.21. The molecule has 216 valence electrons. The number of thiophene rings is 1. The molecule has 0 N–H and O–H groups in total. The Morgan fingerprint density at radius 3 is 2.10 bits per heavy atom. The first kappa shape index (κ1) is 31.2. The maximum atomic E-state index is 13.8. The fraction of sp³-hybridized carbons (Fsp3) is 0.455. The van der Waals surface area contributed by atoms with Crippen LogP contribution in [0.2, 0.25) is 0 Å². The van der Waals surface area contributed by atoms with Gasteiger partial charge in [0, 0.05) is 28.4 Å². The van der Waals surface area contributed by atoms with Crippen LogP contribution in [0.3, 0.4) is 0 Å². The van der Waals surface area contributed by atoms with E-state index in [2.05, 4.69) is 32.9 Å². The summed E-state index contributed by atoms with van der Waals surface area (Å²) < 4.78 is 10.8. The number of ether oxygens (including phenoxy) is 2. The number of carbonyl (C=O) groups is 2. The summed E-state index contributed by atoms with van der Waals surface area (Å²) >= 11 is 1.70. The number of nitrogens with zero attached hydrogens (tertiary/aromatic N) is 2. The molecule has 0 aliphatic carbocycles. The van der Waals surface area contributed by atoms with E-state index in [1.165, 1.54) is 10.4 Å². The monoisotopic (exact) mass is 564 g/mol. The first-order chi connectivity index (χ1) is 19.4. The molecule has 0 saturated heterocycles. The van der Waals surface area contributed by atoms with Crippen LogP contribution in [0.1, 0.15) is 70.8 Å². The average Bonchev–Trinajstić information content (AvgIpc) is 3.40. The van der Waals surface area contributed by atoms with Crippen molar-refractivity contribution in [2.24, 2.45) is 0 Å². The zero-order chi connectivity index (χ0) is 28.9. The smallest absolute Gasteiger partial charge is 0.254 e. The lowest BCUT2D eigenvalue weighted by Gasteiger charge is -2.28. The standard InChI is InChI=1S/C33H44N2O4S/c1-6-8-10-26-12-15-28(16-13-26)33(37)35(20-9-7-2)24-32(36)34(23-29-17-11-25(3)40-29)21-19-27-14-18-30(38-4)31(22-27)39-5/h11-18,22H,6-10,19-21,23-24H2,1-5H3. The summed E-state index contributed by atoms with van der Waals surface area (Å²) in [6.07, 6.45) is 5.75. The molecule has 6 nitrogen and oxygen atoms in total. The van der Waals surface area contributed by atoms with Gasteiger partial charge in [-0.3, -0.25) is 9.59 Å². The lowest BCUT2D eigenvalue weighted by molar-refractivity contribution is -0.132. The highest BCUT2D eigenvalue weighted by molar-refractivity contribution is 7.11. The van der Waals surface area contributed by atoms with Gasteiger partial charge < -0.3 is 19.3 Å². The Kier molecular flexibility index (Phi) is 12.5. The van der Waals surface area contributed by atoms with Crippen LogP contribution in [-0.2, 0) is 24.2 Å². The number of hydrogen-bond donors (Lipinski definition) is 0. The van der Waals surface area contributed by atoms with Crippen LogP contribution < -0.4 is 9.47 Å².